The SMILES string of the molecule is COC1OC(CO)C(C)C(O)C1NCC(O)C[N+](C)(C)C. The molecule has 0 aromatic heterocycles. The Labute approximate surface area is 127 Å². The van der Waals surface area contributed by atoms with E-state index in [9.17, 15) is 15.3 Å². The number of quaternary nitrogens is 1. The van der Waals surface area contributed by atoms with Gasteiger partial charge in [0.25, 0.3) is 0 Å². The molecule has 1 fully saturated rings. The third kappa shape index (κ3) is 5.45. The molecule has 0 aliphatic carbocycles. The van der Waals surface area contributed by atoms with Gasteiger partial charge in [-0.05, 0) is 0 Å². The summed E-state index contributed by atoms with van der Waals surface area (Å²) in [5.74, 6) is -0.213. The van der Waals surface area contributed by atoms with Gasteiger partial charge in [0.2, 0.25) is 0 Å². The topological polar surface area (TPSA) is 91.2 Å². The molecular formula is C14H31N2O5+. The summed E-state index contributed by atoms with van der Waals surface area (Å²) in [6.45, 7) is 2.61. The lowest BCUT2D eigenvalue weighted by atomic mass is 9.89. The second-order valence-electron chi connectivity index (χ2n) is 6.87. The first-order chi connectivity index (χ1) is 9.69. The summed E-state index contributed by atoms with van der Waals surface area (Å²) in [7, 11) is 7.52. The molecule has 0 saturated carbocycles. The summed E-state index contributed by atoms with van der Waals surface area (Å²) in [6.07, 6.45) is -2.33. The van der Waals surface area contributed by atoms with Crippen LogP contribution in [0.25, 0.3) is 0 Å². The number of hydrogen-bond donors (Lipinski definition) is 4. The van der Waals surface area contributed by atoms with E-state index in [0.717, 1.165) is 0 Å². The van der Waals surface area contributed by atoms with E-state index in [2.05, 4.69) is 5.32 Å². The number of likely N-dealkylation sites (N-methyl/N-ethyl adjacent to an activating group) is 1. The second kappa shape index (κ2) is 7.82. The Hall–Kier alpha value is -0.280. The van der Waals surface area contributed by atoms with Crippen molar-refractivity contribution >= 4 is 0 Å². The van der Waals surface area contributed by atoms with Gasteiger partial charge in [-0.1, -0.05) is 6.92 Å². The smallest absolute Gasteiger partial charge is 0.175 e. The molecule has 1 aliphatic heterocycles. The van der Waals surface area contributed by atoms with Crippen molar-refractivity contribution in [3.05, 3.63) is 0 Å². The fourth-order valence-electron chi connectivity index (χ4n) is 2.69. The number of hydrogen-bond acceptors (Lipinski definition) is 6. The highest BCUT2D eigenvalue weighted by Crippen LogP contribution is 2.26. The zero-order valence-electron chi connectivity index (χ0n) is 13.7. The molecule has 0 aromatic carbocycles. The van der Waals surface area contributed by atoms with Crippen molar-refractivity contribution in [1.82, 2.24) is 5.32 Å². The van der Waals surface area contributed by atoms with Crippen LogP contribution in [-0.2, 0) is 9.47 Å². The maximum Gasteiger partial charge on any atom is 0.175 e. The van der Waals surface area contributed by atoms with Gasteiger partial charge in [0.05, 0.1) is 46.0 Å². The Morgan fingerprint density at radius 3 is 2.43 bits per heavy atom. The molecule has 21 heavy (non-hydrogen) atoms. The fourth-order valence-corrected chi connectivity index (χ4v) is 2.69. The van der Waals surface area contributed by atoms with Crippen molar-refractivity contribution in [2.75, 3.05) is 47.9 Å². The van der Waals surface area contributed by atoms with E-state index >= 15 is 0 Å². The van der Waals surface area contributed by atoms with Gasteiger partial charge in [0, 0.05) is 19.6 Å². The molecule has 4 N–H and O–H groups in total. The Bertz CT molecular complexity index is 308. The lowest BCUT2D eigenvalue weighted by molar-refractivity contribution is -0.873. The van der Waals surface area contributed by atoms with Crippen molar-refractivity contribution in [1.29, 1.82) is 0 Å². The van der Waals surface area contributed by atoms with Crippen LogP contribution in [-0.4, -0.2) is 98.4 Å². The minimum Gasteiger partial charge on any atom is -0.394 e. The highest BCUT2D eigenvalue weighted by molar-refractivity contribution is 4.91. The molecule has 0 radical (unpaired) electrons. The summed E-state index contributed by atoms with van der Waals surface area (Å²) in [5.41, 5.74) is 0. The first kappa shape index (κ1) is 18.8. The molecule has 126 valence electrons. The lowest BCUT2D eigenvalue weighted by Crippen LogP contribution is -2.62. The molecule has 1 heterocycles. The summed E-state index contributed by atoms with van der Waals surface area (Å²) < 4.78 is 11.5. The average molecular weight is 307 g/mol. The number of nitrogens with zero attached hydrogens (tertiary/aromatic N) is 1. The van der Waals surface area contributed by atoms with Crippen molar-refractivity contribution in [3.63, 3.8) is 0 Å². The van der Waals surface area contributed by atoms with Crippen LogP contribution < -0.4 is 5.32 Å². The lowest BCUT2D eigenvalue weighted by Gasteiger charge is -2.43. The Morgan fingerprint density at radius 2 is 1.95 bits per heavy atom. The molecule has 7 heteroatoms. The maximum atomic E-state index is 10.4. The van der Waals surface area contributed by atoms with Crippen molar-refractivity contribution in [2.24, 2.45) is 5.92 Å². The number of methoxy groups -OCH3 is 1. The first-order valence-corrected chi connectivity index (χ1v) is 7.38. The number of aliphatic hydroxyl groups excluding tert-OH is 3. The maximum absolute atomic E-state index is 10.4. The van der Waals surface area contributed by atoms with Crippen LogP contribution in [0, 0.1) is 5.92 Å². The average Bonchev–Trinajstić information content (AvgIpc) is 2.38. The zero-order chi connectivity index (χ0) is 16.2. The van der Waals surface area contributed by atoms with Gasteiger partial charge < -0.3 is 34.6 Å². The van der Waals surface area contributed by atoms with E-state index in [1.807, 2.05) is 28.1 Å². The van der Waals surface area contributed by atoms with Gasteiger partial charge in [-0.3, -0.25) is 0 Å². The van der Waals surface area contributed by atoms with Gasteiger partial charge in [-0.25, -0.2) is 0 Å². The van der Waals surface area contributed by atoms with Gasteiger partial charge in [-0.15, -0.1) is 0 Å². The van der Waals surface area contributed by atoms with Gasteiger partial charge in [0.1, 0.15) is 12.6 Å². The number of aliphatic hydroxyl groups is 3. The molecular weight excluding hydrogens is 276 g/mol. The molecule has 1 rings (SSSR count). The molecule has 1 saturated heterocycles. The van der Waals surface area contributed by atoms with Crippen LogP contribution in [0.3, 0.4) is 0 Å². The Morgan fingerprint density at radius 1 is 1.33 bits per heavy atom. The van der Waals surface area contributed by atoms with Gasteiger partial charge in [-0.2, -0.15) is 0 Å². The van der Waals surface area contributed by atoms with E-state index in [4.69, 9.17) is 9.47 Å². The second-order valence-corrected chi connectivity index (χ2v) is 6.87. The standard InChI is InChI=1S/C14H31N2O5/c1-9-11(8-17)21-14(20-5)12(13(9)19)15-6-10(18)7-16(2,3)4/h9-15,17-19H,6-8H2,1-5H3/q+1. The highest BCUT2D eigenvalue weighted by Gasteiger charge is 2.42. The fraction of sp³-hybridized carbons (Fsp3) is 1.00. The monoisotopic (exact) mass is 307 g/mol. The largest absolute Gasteiger partial charge is 0.394 e. The molecule has 0 aromatic rings. The number of rotatable bonds is 7. The summed E-state index contributed by atoms with van der Waals surface area (Å²) in [5, 5.41) is 32.8. The van der Waals surface area contributed by atoms with E-state index < -0.39 is 30.6 Å². The van der Waals surface area contributed by atoms with Crippen LogP contribution >= 0.6 is 0 Å². The van der Waals surface area contributed by atoms with Crippen LogP contribution in [0.4, 0.5) is 0 Å². The number of nitrogens with one attached hydrogen (secondary N) is 1. The summed E-state index contributed by atoms with van der Waals surface area (Å²) in [4.78, 5) is 0. The predicted octanol–water partition coefficient (Wildman–Crippen LogP) is -1.63. The number of ether oxygens (including phenoxy) is 2. The van der Waals surface area contributed by atoms with Gasteiger partial charge >= 0.3 is 0 Å². The Balaban J connectivity index is 2.59. The van der Waals surface area contributed by atoms with Crippen molar-refractivity contribution in [3.8, 4) is 0 Å². The van der Waals surface area contributed by atoms with E-state index in [1.165, 1.54) is 7.11 Å². The highest BCUT2D eigenvalue weighted by atomic mass is 16.7. The molecule has 1 aliphatic rings. The molecule has 7 nitrogen and oxygen atoms in total. The van der Waals surface area contributed by atoms with Crippen LogP contribution in [0.15, 0.2) is 0 Å². The van der Waals surface area contributed by atoms with Crippen molar-refractivity contribution in [2.45, 2.75) is 37.6 Å². The van der Waals surface area contributed by atoms with Crippen molar-refractivity contribution < 1.29 is 29.3 Å². The van der Waals surface area contributed by atoms with E-state index in [-0.39, 0.29) is 12.5 Å². The predicted molar refractivity (Wildman–Crippen MR) is 78.6 cm³/mol. The van der Waals surface area contributed by atoms with Crippen LogP contribution in [0.1, 0.15) is 6.92 Å². The van der Waals surface area contributed by atoms with E-state index in [1.54, 1.807) is 0 Å². The first-order valence-electron chi connectivity index (χ1n) is 7.38. The van der Waals surface area contributed by atoms with Gasteiger partial charge in [0.15, 0.2) is 6.29 Å². The molecule has 0 bridgehead atoms. The molecule has 6 atom stereocenters. The summed E-state index contributed by atoms with van der Waals surface area (Å²) >= 11 is 0. The zero-order valence-corrected chi connectivity index (χ0v) is 13.7. The minimum absolute atomic E-state index is 0.158. The minimum atomic E-state index is -0.711. The van der Waals surface area contributed by atoms with Crippen LogP contribution in [0.2, 0.25) is 0 Å². The normalized spacial score (nSPS) is 35.7. The van der Waals surface area contributed by atoms with E-state index in [0.29, 0.717) is 17.6 Å². The Kier molecular flexibility index (Phi) is 6.99. The molecule has 0 spiro atoms. The third-order valence-corrected chi connectivity index (χ3v) is 3.86. The third-order valence-electron chi connectivity index (χ3n) is 3.86. The summed E-state index contributed by atoms with van der Waals surface area (Å²) in [6, 6.07) is -0.435. The molecule has 0 amide bonds. The quantitative estimate of drug-likeness (QED) is 0.422. The van der Waals surface area contributed by atoms with Crippen LogP contribution in [0.5, 0.6) is 0 Å². The molecule has 6 unspecified atom stereocenters.